The molecular weight excluding hydrogens is 192 g/mol. The predicted molar refractivity (Wildman–Crippen MR) is 44.5 cm³/mol. The molecule has 1 aromatic rings. The Labute approximate surface area is 76.7 Å². The van der Waals surface area contributed by atoms with Crippen molar-refractivity contribution in [1.29, 1.82) is 5.39 Å². The molecule has 0 fully saturated rings. The second kappa shape index (κ2) is 3.44. The molecule has 8 heteroatoms. The summed E-state index contributed by atoms with van der Waals surface area (Å²) in [5.41, 5.74) is -1.87. The standard InChI is InChI=1S/C6H3N4O4/c7-8-6-4(9(11)12)2-1-3-5(6)10(13)14/h1-3H/q+1. The van der Waals surface area contributed by atoms with Gasteiger partial charge in [0.2, 0.25) is 5.39 Å². The highest BCUT2D eigenvalue weighted by Gasteiger charge is 2.36. The van der Waals surface area contributed by atoms with E-state index in [4.69, 9.17) is 5.39 Å². The highest BCUT2D eigenvalue weighted by molar-refractivity contribution is 5.73. The van der Waals surface area contributed by atoms with Crippen molar-refractivity contribution >= 4 is 17.1 Å². The Hall–Kier alpha value is -2.56. The molecule has 0 saturated heterocycles. The average Bonchev–Trinajstić information content (AvgIpc) is 2.16. The van der Waals surface area contributed by atoms with Crippen LogP contribution in [0.5, 0.6) is 0 Å². The Morgan fingerprint density at radius 3 is 1.86 bits per heavy atom. The molecule has 0 N–H and O–H groups in total. The molecule has 0 saturated carbocycles. The zero-order chi connectivity index (χ0) is 10.7. The summed E-state index contributed by atoms with van der Waals surface area (Å²) in [5.74, 6) is 0. The Kier molecular flexibility index (Phi) is 2.34. The van der Waals surface area contributed by atoms with E-state index < -0.39 is 26.9 Å². The van der Waals surface area contributed by atoms with Crippen molar-refractivity contribution in [2.24, 2.45) is 0 Å². The summed E-state index contributed by atoms with van der Waals surface area (Å²) < 4.78 is 0. The van der Waals surface area contributed by atoms with E-state index >= 15 is 0 Å². The highest BCUT2D eigenvalue weighted by Crippen LogP contribution is 2.36. The molecule has 8 nitrogen and oxygen atoms in total. The van der Waals surface area contributed by atoms with Gasteiger partial charge in [-0.25, -0.2) is 0 Å². The highest BCUT2D eigenvalue weighted by atomic mass is 16.6. The topological polar surface area (TPSA) is 114 Å². The van der Waals surface area contributed by atoms with Gasteiger partial charge in [0.15, 0.2) is 4.98 Å². The quantitative estimate of drug-likeness (QED) is 0.406. The molecule has 0 atom stereocenters. The first kappa shape index (κ1) is 9.53. The average molecular weight is 195 g/mol. The summed E-state index contributed by atoms with van der Waals surface area (Å²) in [4.78, 5) is 21.5. The van der Waals surface area contributed by atoms with Crippen LogP contribution in [0.1, 0.15) is 0 Å². The maximum absolute atomic E-state index is 10.4. The molecule has 14 heavy (non-hydrogen) atoms. The van der Waals surface area contributed by atoms with Gasteiger partial charge >= 0.3 is 17.1 Å². The monoisotopic (exact) mass is 195 g/mol. The third-order valence-electron chi connectivity index (χ3n) is 1.49. The van der Waals surface area contributed by atoms with E-state index in [1.54, 1.807) is 0 Å². The van der Waals surface area contributed by atoms with Crippen LogP contribution in [0.3, 0.4) is 0 Å². The van der Waals surface area contributed by atoms with Crippen LogP contribution in [-0.2, 0) is 0 Å². The first-order valence-corrected chi connectivity index (χ1v) is 3.35. The first-order valence-electron chi connectivity index (χ1n) is 3.35. The Morgan fingerprint density at radius 2 is 1.57 bits per heavy atom. The SMILES string of the molecule is N#[N+]c1c([N+](=O)[O-])cccc1[N+](=O)[O-]. The predicted octanol–water partition coefficient (Wildman–Crippen LogP) is 1.99. The fourth-order valence-electron chi connectivity index (χ4n) is 0.917. The first-order chi connectivity index (χ1) is 6.57. The summed E-state index contributed by atoms with van der Waals surface area (Å²) >= 11 is 0. The van der Waals surface area contributed by atoms with Crippen LogP contribution in [0.2, 0.25) is 0 Å². The van der Waals surface area contributed by atoms with E-state index in [9.17, 15) is 20.2 Å². The summed E-state index contributed by atoms with van der Waals surface area (Å²) in [6, 6.07) is 3.18. The van der Waals surface area contributed by atoms with Crippen molar-refractivity contribution in [3.63, 3.8) is 0 Å². The molecule has 0 unspecified atom stereocenters. The lowest BCUT2D eigenvalue weighted by molar-refractivity contribution is -0.392. The molecule has 0 amide bonds. The largest absolute Gasteiger partial charge is 0.536 e. The number of diazo groups is 1. The van der Waals surface area contributed by atoms with Gasteiger partial charge in [0.25, 0.3) is 0 Å². The van der Waals surface area contributed by atoms with E-state index in [-0.39, 0.29) is 0 Å². The van der Waals surface area contributed by atoms with Crippen LogP contribution in [0, 0.1) is 25.6 Å². The summed E-state index contributed by atoms with van der Waals surface area (Å²) in [6.07, 6.45) is 0. The number of nitro benzene ring substituents is 2. The number of rotatable bonds is 2. The summed E-state index contributed by atoms with van der Waals surface area (Å²) in [6.45, 7) is 0. The van der Waals surface area contributed by atoms with Gasteiger partial charge in [-0.3, -0.25) is 20.2 Å². The lowest BCUT2D eigenvalue weighted by Crippen LogP contribution is -1.92. The van der Waals surface area contributed by atoms with Crippen molar-refractivity contribution in [2.75, 3.05) is 0 Å². The van der Waals surface area contributed by atoms with Crippen molar-refractivity contribution in [3.05, 3.63) is 43.4 Å². The number of hydrogen-bond acceptors (Lipinski definition) is 5. The van der Waals surface area contributed by atoms with E-state index in [1.807, 2.05) is 0 Å². The Morgan fingerprint density at radius 1 is 1.14 bits per heavy atom. The lowest BCUT2D eigenvalue weighted by Gasteiger charge is -1.88. The molecule has 1 aromatic carbocycles. The lowest BCUT2D eigenvalue weighted by atomic mass is 10.2. The number of benzene rings is 1. The van der Waals surface area contributed by atoms with Gasteiger partial charge in [-0.2, -0.15) is 0 Å². The van der Waals surface area contributed by atoms with Crippen LogP contribution in [0.25, 0.3) is 4.98 Å². The molecule has 0 heterocycles. The summed E-state index contributed by atoms with van der Waals surface area (Å²) in [5, 5.41) is 29.1. The smallest absolute Gasteiger partial charge is 0.258 e. The van der Waals surface area contributed by atoms with Crippen LogP contribution < -0.4 is 0 Å². The molecule has 0 aliphatic rings. The third kappa shape index (κ3) is 1.46. The number of nitro groups is 2. The van der Waals surface area contributed by atoms with Crippen molar-refractivity contribution in [3.8, 4) is 0 Å². The maximum atomic E-state index is 10.4. The minimum atomic E-state index is -0.859. The normalized spacial score (nSPS) is 9.07. The van der Waals surface area contributed by atoms with Gasteiger partial charge in [0.05, 0.1) is 9.85 Å². The Bertz CT molecular complexity index is 417. The van der Waals surface area contributed by atoms with Gasteiger partial charge < -0.3 is 0 Å². The van der Waals surface area contributed by atoms with E-state index in [0.717, 1.165) is 18.2 Å². The second-order valence-electron chi connectivity index (χ2n) is 2.26. The van der Waals surface area contributed by atoms with Gasteiger partial charge in [-0.1, -0.05) is 0 Å². The van der Waals surface area contributed by atoms with Crippen molar-refractivity contribution in [2.45, 2.75) is 0 Å². The molecular formula is C6H3N4O4+. The van der Waals surface area contributed by atoms with Gasteiger partial charge in [0.1, 0.15) is 0 Å². The van der Waals surface area contributed by atoms with Gasteiger partial charge in [0, 0.05) is 12.1 Å². The molecule has 0 radical (unpaired) electrons. The molecule has 0 bridgehead atoms. The molecule has 0 aliphatic heterocycles. The second-order valence-corrected chi connectivity index (χ2v) is 2.26. The van der Waals surface area contributed by atoms with Gasteiger partial charge in [-0.15, -0.1) is 0 Å². The van der Waals surface area contributed by atoms with E-state index in [2.05, 4.69) is 4.98 Å². The van der Waals surface area contributed by atoms with Crippen LogP contribution >= 0.6 is 0 Å². The minimum Gasteiger partial charge on any atom is -0.258 e. The molecule has 0 aliphatic carbocycles. The van der Waals surface area contributed by atoms with Crippen molar-refractivity contribution < 1.29 is 9.85 Å². The van der Waals surface area contributed by atoms with Crippen molar-refractivity contribution in [1.82, 2.24) is 0 Å². The van der Waals surface area contributed by atoms with Crippen LogP contribution in [0.4, 0.5) is 17.1 Å². The number of nitrogens with zero attached hydrogens (tertiary/aromatic N) is 4. The van der Waals surface area contributed by atoms with E-state index in [0.29, 0.717) is 0 Å². The zero-order valence-electron chi connectivity index (χ0n) is 6.65. The molecule has 1 rings (SSSR count). The fraction of sp³-hybridized carbons (Fsp3) is 0. The van der Waals surface area contributed by atoms with E-state index in [1.165, 1.54) is 0 Å². The molecule has 0 spiro atoms. The number of hydrogen-bond donors (Lipinski definition) is 0. The third-order valence-corrected chi connectivity index (χ3v) is 1.49. The zero-order valence-corrected chi connectivity index (χ0v) is 6.65. The molecule has 0 aromatic heterocycles. The van der Waals surface area contributed by atoms with Crippen LogP contribution in [0.15, 0.2) is 18.2 Å². The Balaban J connectivity index is 3.50. The van der Waals surface area contributed by atoms with Crippen LogP contribution in [-0.4, -0.2) is 9.85 Å². The summed E-state index contributed by atoms with van der Waals surface area (Å²) in [7, 11) is 0. The minimum absolute atomic E-state index is 0.610. The fourth-order valence-corrected chi connectivity index (χ4v) is 0.917. The van der Waals surface area contributed by atoms with Gasteiger partial charge in [-0.05, 0) is 6.07 Å². The molecule has 70 valence electrons. The maximum Gasteiger partial charge on any atom is 0.536 e.